The first-order valence-electron chi connectivity index (χ1n) is 4.69. The Labute approximate surface area is 81.7 Å². The minimum Gasteiger partial charge on any atom is -0.496 e. The molecular weight excluding hydrogens is 186 g/mol. The minimum absolute atomic E-state index is 0.0484. The smallest absolute Gasteiger partial charge is 0.273 e. The van der Waals surface area contributed by atoms with Crippen LogP contribution in [0.1, 0.15) is 24.0 Å². The number of benzene rings is 1. The zero-order valence-corrected chi connectivity index (χ0v) is 8.02. The van der Waals surface area contributed by atoms with Crippen LogP contribution in [0.3, 0.4) is 0 Å². The summed E-state index contributed by atoms with van der Waals surface area (Å²) in [7, 11) is 1.52. The van der Waals surface area contributed by atoms with Crippen LogP contribution in [0.2, 0.25) is 0 Å². The molecule has 2 rings (SSSR count). The van der Waals surface area contributed by atoms with Crippen LogP contribution in [-0.2, 0) is 12.3 Å². The average Bonchev–Trinajstić information content (AvgIpc) is 2.17. The van der Waals surface area contributed by atoms with Gasteiger partial charge < -0.3 is 4.74 Å². The lowest BCUT2D eigenvalue weighted by molar-refractivity contribution is -0.0220. The van der Waals surface area contributed by atoms with Crippen molar-refractivity contribution in [3.63, 3.8) is 0 Å². The summed E-state index contributed by atoms with van der Waals surface area (Å²) in [5, 5.41) is 0. The maximum Gasteiger partial charge on any atom is 0.273 e. The third-order valence-electron chi connectivity index (χ3n) is 2.66. The molecule has 14 heavy (non-hydrogen) atoms. The number of fused-ring (bicyclic) bond motifs is 1. The van der Waals surface area contributed by atoms with Crippen LogP contribution in [0.4, 0.5) is 8.78 Å². The van der Waals surface area contributed by atoms with Crippen molar-refractivity contribution in [1.29, 1.82) is 0 Å². The van der Waals surface area contributed by atoms with Crippen LogP contribution in [0.5, 0.6) is 5.75 Å². The molecule has 0 unspecified atom stereocenters. The number of rotatable bonds is 1. The maximum atomic E-state index is 13.5. The van der Waals surface area contributed by atoms with Crippen LogP contribution in [0, 0.1) is 0 Å². The van der Waals surface area contributed by atoms with E-state index >= 15 is 0 Å². The van der Waals surface area contributed by atoms with Crippen molar-refractivity contribution in [2.24, 2.45) is 0 Å². The van der Waals surface area contributed by atoms with Crippen LogP contribution in [0.25, 0.3) is 0 Å². The van der Waals surface area contributed by atoms with Gasteiger partial charge in [-0.1, -0.05) is 12.1 Å². The summed E-state index contributed by atoms with van der Waals surface area (Å²) >= 11 is 0. The molecule has 0 radical (unpaired) electrons. The Balaban J connectivity index is 2.55. The molecule has 1 aliphatic rings. The largest absolute Gasteiger partial charge is 0.496 e. The highest BCUT2D eigenvalue weighted by atomic mass is 19.3. The first kappa shape index (κ1) is 9.44. The molecule has 3 heteroatoms. The van der Waals surface area contributed by atoms with Crippen molar-refractivity contribution in [2.75, 3.05) is 7.11 Å². The Morgan fingerprint density at radius 2 is 2.14 bits per heavy atom. The van der Waals surface area contributed by atoms with E-state index in [-0.39, 0.29) is 12.0 Å². The molecule has 0 saturated heterocycles. The van der Waals surface area contributed by atoms with Gasteiger partial charge in [-0.15, -0.1) is 0 Å². The van der Waals surface area contributed by atoms with E-state index in [1.54, 1.807) is 12.1 Å². The van der Waals surface area contributed by atoms with Crippen molar-refractivity contribution in [1.82, 2.24) is 0 Å². The molecule has 0 bridgehead atoms. The Morgan fingerprint density at radius 3 is 2.86 bits per heavy atom. The standard InChI is InChI=1S/C11H12F2O/c1-14-10-6-2-5-9-8(10)4-3-7-11(9,12)13/h2,5-6H,3-4,7H2,1H3. The van der Waals surface area contributed by atoms with Crippen molar-refractivity contribution < 1.29 is 13.5 Å². The van der Waals surface area contributed by atoms with E-state index in [0.29, 0.717) is 24.2 Å². The van der Waals surface area contributed by atoms with E-state index < -0.39 is 5.92 Å². The van der Waals surface area contributed by atoms with Crippen LogP contribution in [-0.4, -0.2) is 7.11 Å². The van der Waals surface area contributed by atoms with E-state index in [9.17, 15) is 8.78 Å². The SMILES string of the molecule is COc1cccc2c1CCCC2(F)F. The average molecular weight is 198 g/mol. The van der Waals surface area contributed by atoms with Gasteiger partial charge in [0.15, 0.2) is 0 Å². The molecule has 0 atom stereocenters. The normalized spacial score (nSPS) is 18.8. The van der Waals surface area contributed by atoms with E-state index in [4.69, 9.17) is 4.74 Å². The second-order valence-corrected chi connectivity index (χ2v) is 3.54. The van der Waals surface area contributed by atoms with E-state index in [1.807, 2.05) is 0 Å². The van der Waals surface area contributed by atoms with Crippen LogP contribution >= 0.6 is 0 Å². The van der Waals surface area contributed by atoms with Crippen molar-refractivity contribution >= 4 is 0 Å². The topological polar surface area (TPSA) is 9.23 Å². The molecular formula is C11H12F2O. The highest BCUT2D eigenvalue weighted by Crippen LogP contribution is 2.42. The van der Waals surface area contributed by atoms with E-state index in [2.05, 4.69) is 0 Å². The lowest BCUT2D eigenvalue weighted by Crippen LogP contribution is -2.21. The Morgan fingerprint density at radius 1 is 1.36 bits per heavy atom. The quantitative estimate of drug-likeness (QED) is 0.673. The molecule has 0 spiro atoms. The zero-order chi connectivity index (χ0) is 10.2. The summed E-state index contributed by atoms with van der Waals surface area (Å²) in [6.45, 7) is 0. The third-order valence-corrected chi connectivity index (χ3v) is 2.66. The molecule has 1 aliphatic carbocycles. The van der Waals surface area contributed by atoms with Gasteiger partial charge >= 0.3 is 0 Å². The first-order valence-corrected chi connectivity index (χ1v) is 4.69. The van der Waals surface area contributed by atoms with Crippen molar-refractivity contribution in [3.8, 4) is 5.75 Å². The second kappa shape index (κ2) is 3.23. The highest BCUT2D eigenvalue weighted by Gasteiger charge is 2.37. The first-order chi connectivity index (χ1) is 6.65. The van der Waals surface area contributed by atoms with Crippen LogP contribution in [0.15, 0.2) is 18.2 Å². The summed E-state index contributed by atoms with van der Waals surface area (Å²) in [6, 6.07) is 4.86. The fourth-order valence-corrected chi connectivity index (χ4v) is 1.98. The summed E-state index contributed by atoms with van der Waals surface area (Å²) < 4.78 is 32.0. The Hall–Kier alpha value is -1.12. The summed E-state index contributed by atoms with van der Waals surface area (Å²) in [4.78, 5) is 0. The molecule has 76 valence electrons. The van der Waals surface area contributed by atoms with Gasteiger partial charge in [0.05, 0.1) is 7.11 Å². The summed E-state index contributed by atoms with van der Waals surface area (Å²) in [5.74, 6) is -2.09. The lowest BCUT2D eigenvalue weighted by atomic mass is 9.88. The number of halogens is 2. The molecule has 0 fully saturated rings. The predicted molar refractivity (Wildman–Crippen MR) is 49.8 cm³/mol. The number of ether oxygens (including phenoxy) is 1. The Kier molecular flexibility index (Phi) is 2.17. The van der Waals surface area contributed by atoms with Crippen LogP contribution < -0.4 is 4.74 Å². The molecule has 0 saturated carbocycles. The summed E-state index contributed by atoms with van der Waals surface area (Å²) in [5.41, 5.74) is 0.814. The molecule has 1 aromatic rings. The number of hydrogen-bond acceptors (Lipinski definition) is 1. The Bertz CT molecular complexity index is 347. The summed E-state index contributed by atoms with van der Waals surface area (Å²) in [6.07, 6.45) is 1.17. The van der Waals surface area contributed by atoms with Gasteiger partial charge in [0, 0.05) is 17.5 Å². The van der Waals surface area contributed by atoms with Gasteiger partial charge in [-0.25, -0.2) is 8.78 Å². The van der Waals surface area contributed by atoms with Gasteiger partial charge in [0.1, 0.15) is 5.75 Å². The van der Waals surface area contributed by atoms with Gasteiger partial charge in [-0.3, -0.25) is 0 Å². The zero-order valence-electron chi connectivity index (χ0n) is 8.02. The third kappa shape index (κ3) is 1.37. The monoisotopic (exact) mass is 198 g/mol. The molecule has 0 amide bonds. The maximum absolute atomic E-state index is 13.5. The number of hydrogen-bond donors (Lipinski definition) is 0. The number of alkyl halides is 2. The molecule has 1 aromatic carbocycles. The van der Waals surface area contributed by atoms with Crippen molar-refractivity contribution in [3.05, 3.63) is 29.3 Å². The van der Waals surface area contributed by atoms with Gasteiger partial charge in [0.25, 0.3) is 5.92 Å². The predicted octanol–water partition coefficient (Wildman–Crippen LogP) is 3.12. The number of methoxy groups -OCH3 is 1. The lowest BCUT2D eigenvalue weighted by Gasteiger charge is -2.26. The highest BCUT2D eigenvalue weighted by molar-refractivity contribution is 5.43. The molecule has 1 nitrogen and oxygen atoms in total. The molecule has 0 N–H and O–H groups in total. The van der Waals surface area contributed by atoms with Gasteiger partial charge in [0.2, 0.25) is 0 Å². The second-order valence-electron chi connectivity index (χ2n) is 3.54. The molecule has 0 aliphatic heterocycles. The molecule has 0 heterocycles. The van der Waals surface area contributed by atoms with Gasteiger partial charge in [-0.2, -0.15) is 0 Å². The van der Waals surface area contributed by atoms with Gasteiger partial charge in [-0.05, 0) is 18.9 Å². The molecule has 0 aromatic heterocycles. The fourth-order valence-electron chi connectivity index (χ4n) is 1.98. The van der Waals surface area contributed by atoms with Crippen molar-refractivity contribution in [2.45, 2.75) is 25.2 Å². The minimum atomic E-state index is -2.68. The fraction of sp³-hybridized carbons (Fsp3) is 0.455. The van der Waals surface area contributed by atoms with E-state index in [0.717, 1.165) is 0 Å². The van der Waals surface area contributed by atoms with E-state index in [1.165, 1.54) is 13.2 Å².